The fourth-order valence-electron chi connectivity index (χ4n) is 2.64. The highest BCUT2D eigenvalue weighted by Gasteiger charge is 2.18. The molecule has 1 aromatic carbocycles. The van der Waals surface area contributed by atoms with Crippen LogP contribution in [-0.4, -0.2) is 11.0 Å². The Hall–Kier alpha value is -0.510. The van der Waals surface area contributed by atoms with E-state index >= 15 is 0 Å². The Balaban J connectivity index is 1.92. The molecule has 0 spiro atoms. The van der Waals surface area contributed by atoms with Gasteiger partial charge in [-0.3, -0.25) is 11.3 Å². The van der Waals surface area contributed by atoms with E-state index in [0.717, 1.165) is 11.0 Å². The van der Waals surface area contributed by atoms with Gasteiger partial charge in [0.1, 0.15) is 0 Å². The van der Waals surface area contributed by atoms with Gasteiger partial charge in [-0.1, -0.05) is 51.0 Å². The van der Waals surface area contributed by atoms with E-state index in [1.165, 1.54) is 36.8 Å². The first-order chi connectivity index (χ1) is 9.20. The van der Waals surface area contributed by atoms with Gasteiger partial charge in [0.05, 0.1) is 6.04 Å². The van der Waals surface area contributed by atoms with E-state index in [-0.39, 0.29) is 6.04 Å². The predicted molar refractivity (Wildman–Crippen MR) is 85.3 cm³/mol. The topological polar surface area (TPSA) is 38.0 Å². The van der Waals surface area contributed by atoms with E-state index in [2.05, 4.69) is 55.3 Å². The molecule has 0 aromatic heterocycles. The first-order valence-corrected chi connectivity index (χ1v) is 8.43. The van der Waals surface area contributed by atoms with Crippen molar-refractivity contribution >= 4 is 11.8 Å². The fourth-order valence-corrected chi connectivity index (χ4v) is 4.06. The summed E-state index contributed by atoms with van der Waals surface area (Å²) in [6.07, 6.45) is 5.57. The van der Waals surface area contributed by atoms with Gasteiger partial charge in [0, 0.05) is 11.0 Å². The fraction of sp³-hybridized carbons (Fsp3) is 0.625. The van der Waals surface area contributed by atoms with Gasteiger partial charge in [0.25, 0.3) is 0 Å². The van der Waals surface area contributed by atoms with E-state index in [4.69, 9.17) is 5.84 Å². The number of thioether (sulfide) groups is 1. The minimum Gasteiger partial charge on any atom is -0.271 e. The number of rotatable bonds is 6. The number of hydrazine groups is 1. The summed E-state index contributed by atoms with van der Waals surface area (Å²) in [6, 6.07) is 9.16. The Morgan fingerprint density at radius 3 is 2.26 bits per heavy atom. The summed E-state index contributed by atoms with van der Waals surface area (Å²) in [5, 5.41) is 0.853. The largest absolute Gasteiger partial charge is 0.271 e. The van der Waals surface area contributed by atoms with Crippen molar-refractivity contribution in [2.24, 2.45) is 5.84 Å². The van der Waals surface area contributed by atoms with Gasteiger partial charge < -0.3 is 0 Å². The molecule has 1 unspecified atom stereocenters. The summed E-state index contributed by atoms with van der Waals surface area (Å²) < 4.78 is 0. The maximum atomic E-state index is 5.72. The number of nitrogens with two attached hydrogens (primary N) is 1. The molecular weight excluding hydrogens is 252 g/mol. The van der Waals surface area contributed by atoms with E-state index in [1.54, 1.807) is 0 Å². The van der Waals surface area contributed by atoms with Crippen molar-refractivity contribution in [2.75, 3.05) is 5.75 Å². The van der Waals surface area contributed by atoms with Crippen LogP contribution in [0.2, 0.25) is 0 Å². The van der Waals surface area contributed by atoms with Gasteiger partial charge in [-0.25, -0.2) is 0 Å². The normalized spacial score (nSPS) is 18.1. The average molecular weight is 278 g/mol. The van der Waals surface area contributed by atoms with Crippen LogP contribution in [0.5, 0.6) is 0 Å². The summed E-state index contributed by atoms with van der Waals surface area (Å²) in [7, 11) is 0. The SMILES string of the molecule is CC(C)c1ccc(C(CSC2CCCC2)NN)cc1. The van der Waals surface area contributed by atoms with Gasteiger partial charge in [-0.05, 0) is 29.9 Å². The van der Waals surface area contributed by atoms with Crippen LogP contribution in [-0.2, 0) is 0 Å². The molecule has 1 atom stereocenters. The van der Waals surface area contributed by atoms with Gasteiger partial charge in [0.15, 0.2) is 0 Å². The first kappa shape index (κ1) is 14.9. The van der Waals surface area contributed by atoms with Crippen LogP contribution < -0.4 is 11.3 Å². The summed E-state index contributed by atoms with van der Waals surface area (Å²) in [4.78, 5) is 0. The lowest BCUT2D eigenvalue weighted by Gasteiger charge is -2.19. The molecule has 0 bridgehead atoms. The van der Waals surface area contributed by atoms with Crippen LogP contribution in [0.4, 0.5) is 0 Å². The molecular formula is C16H26N2S. The van der Waals surface area contributed by atoms with Gasteiger partial charge in [-0.2, -0.15) is 11.8 Å². The number of nitrogens with one attached hydrogen (secondary N) is 1. The standard InChI is InChI=1S/C16H26N2S/c1-12(2)13-7-9-14(10-8-13)16(18-17)11-19-15-5-3-4-6-15/h7-10,12,15-16,18H,3-6,11,17H2,1-2H3. The van der Waals surface area contributed by atoms with E-state index < -0.39 is 0 Å². The number of hydrogen-bond acceptors (Lipinski definition) is 3. The van der Waals surface area contributed by atoms with Crippen LogP contribution in [0.1, 0.15) is 62.6 Å². The van der Waals surface area contributed by atoms with Crippen molar-refractivity contribution in [1.82, 2.24) is 5.43 Å². The molecule has 1 aliphatic carbocycles. The second kappa shape index (κ2) is 7.32. The van der Waals surface area contributed by atoms with E-state index in [1.807, 2.05) is 0 Å². The molecule has 19 heavy (non-hydrogen) atoms. The molecule has 2 rings (SSSR count). The number of benzene rings is 1. The zero-order valence-corrected chi connectivity index (χ0v) is 12.9. The quantitative estimate of drug-likeness (QED) is 0.610. The summed E-state index contributed by atoms with van der Waals surface area (Å²) in [5.74, 6) is 7.38. The lowest BCUT2D eigenvalue weighted by atomic mass is 10.00. The highest BCUT2D eigenvalue weighted by atomic mass is 32.2. The molecule has 0 radical (unpaired) electrons. The molecule has 1 aliphatic rings. The molecule has 0 amide bonds. The van der Waals surface area contributed by atoms with Crippen molar-refractivity contribution in [2.45, 2.75) is 56.7 Å². The molecule has 106 valence electrons. The maximum absolute atomic E-state index is 5.72. The second-order valence-corrected chi connectivity index (χ2v) is 7.11. The molecule has 1 saturated carbocycles. The minimum atomic E-state index is 0.270. The molecule has 0 heterocycles. The van der Waals surface area contributed by atoms with Crippen LogP contribution in [0.25, 0.3) is 0 Å². The van der Waals surface area contributed by atoms with E-state index in [9.17, 15) is 0 Å². The van der Waals surface area contributed by atoms with Crippen LogP contribution in [0, 0.1) is 0 Å². The second-order valence-electron chi connectivity index (χ2n) is 5.78. The summed E-state index contributed by atoms with van der Waals surface area (Å²) in [5.41, 5.74) is 5.66. The lowest BCUT2D eigenvalue weighted by molar-refractivity contribution is 0.609. The minimum absolute atomic E-state index is 0.270. The first-order valence-electron chi connectivity index (χ1n) is 7.38. The zero-order chi connectivity index (χ0) is 13.7. The molecule has 1 fully saturated rings. The van der Waals surface area contributed by atoms with Crippen molar-refractivity contribution in [3.8, 4) is 0 Å². The van der Waals surface area contributed by atoms with E-state index in [0.29, 0.717) is 5.92 Å². The van der Waals surface area contributed by atoms with Crippen molar-refractivity contribution in [3.63, 3.8) is 0 Å². The maximum Gasteiger partial charge on any atom is 0.0550 e. The Labute approximate surface area is 121 Å². The predicted octanol–water partition coefficient (Wildman–Crippen LogP) is 3.99. The highest BCUT2D eigenvalue weighted by Crippen LogP contribution is 2.32. The highest BCUT2D eigenvalue weighted by molar-refractivity contribution is 7.99. The van der Waals surface area contributed by atoms with Crippen LogP contribution in [0.3, 0.4) is 0 Å². The monoisotopic (exact) mass is 278 g/mol. The Morgan fingerprint density at radius 2 is 1.74 bits per heavy atom. The molecule has 1 aromatic rings. The van der Waals surface area contributed by atoms with Crippen molar-refractivity contribution in [3.05, 3.63) is 35.4 Å². The van der Waals surface area contributed by atoms with Gasteiger partial charge in [0.2, 0.25) is 0 Å². The Kier molecular flexibility index (Phi) is 5.74. The van der Waals surface area contributed by atoms with Gasteiger partial charge in [-0.15, -0.1) is 0 Å². The lowest BCUT2D eigenvalue weighted by Crippen LogP contribution is -2.30. The van der Waals surface area contributed by atoms with Crippen LogP contribution >= 0.6 is 11.8 Å². The molecule has 0 aliphatic heterocycles. The molecule has 0 saturated heterocycles. The van der Waals surface area contributed by atoms with Crippen molar-refractivity contribution < 1.29 is 0 Å². The number of hydrogen-bond donors (Lipinski definition) is 2. The zero-order valence-electron chi connectivity index (χ0n) is 12.1. The third-order valence-corrected chi connectivity index (χ3v) is 5.48. The Morgan fingerprint density at radius 1 is 1.16 bits per heavy atom. The van der Waals surface area contributed by atoms with Gasteiger partial charge >= 0.3 is 0 Å². The molecule has 3 heteroatoms. The smallest absolute Gasteiger partial charge is 0.0550 e. The summed E-state index contributed by atoms with van der Waals surface area (Å²) >= 11 is 2.08. The third kappa shape index (κ3) is 4.23. The Bertz CT molecular complexity index is 369. The van der Waals surface area contributed by atoms with Crippen molar-refractivity contribution in [1.29, 1.82) is 0 Å². The third-order valence-electron chi connectivity index (χ3n) is 4.01. The average Bonchev–Trinajstić information content (AvgIpc) is 2.93. The van der Waals surface area contributed by atoms with Crippen LogP contribution in [0.15, 0.2) is 24.3 Å². The molecule has 2 nitrogen and oxygen atoms in total. The molecule has 3 N–H and O–H groups in total. The summed E-state index contributed by atoms with van der Waals surface area (Å²) in [6.45, 7) is 4.45.